The number of unbranched alkanes of at least 4 members (excludes halogenated alkanes) is 2. The topological polar surface area (TPSA) is 77.5 Å². The molecule has 1 aromatic rings. The molecule has 122 valence electrons. The summed E-state index contributed by atoms with van der Waals surface area (Å²) in [7, 11) is -3.11. The molecule has 6 nitrogen and oxygen atoms in total. The predicted molar refractivity (Wildman–Crippen MR) is 83.6 cm³/mol. The van der Waals surface area contributed by atoms with Gasteiger partial charge in [0.25, 0.3) is 0 Å². The summed E-state index contributed by atoms with van der Waals surface area (Å²) in [5.74, 6) is 1.31. The van der Waals surface area contributed by atoms with Crippen molar-refractivity contribution in [2.75, 3.05) is 31.9 Å². The number of sulfonamides is 1. The van der Waals surface area contributed by atoms with Crippen molar-refractivity contribution < 1.29 is 12.8 Å². The summed E-state index contributed by atoms with van der Waals surface area (Å²) in [6, 6.07) is 5.42. The molecule has 0 spiro atoms. The summed E-state index contributed by atoms with van der Waals surface area (Å²) in [5, 5.41) is 8.74. The van der Waals surface area contributed by atoms with Crippen molar-refractivity contribution in [3.8, 4) is 6.07 Å². The van der Waals surface area contributed by atoms with Crippen LogP contribution in [0.1, 0.15) is 37.7 Å². The van der Waals surface area contributed by atoms with Gasteiger partial charge in [-0.1, -0.05) is 19.8 Å². The van der Waals surface area contributed by atoms with Gasteiger partial charge in [0, 0.05) is 26.2 Å². The van der Waals surface area contributed by atoms with Gasteiger partial charge in [-0.2, -0.15) is 9.57 Å². The molecule has 0 aromatic carbocycles. The molecule has 0 N–H and O–H groups in total. The lowest BCUT2D eigenvalue weighted by molar-refractivity contribution is 0.170. The molecule has 0 atom stereocenters. The zero-order chi connectivity index (χ0) is 16.0. The fourth-order valence-electron chi connectivity index (χ4n) is 2.57. The van der Waals surface area contributed by atoms with Gasteiger partial charge >= 0.3 is 0 Å². The smallest absolute Gasteiger partial charge is 0.214 e. The molecule has 1 aliphatic rings. The molecule has 7 heteroatoms. The normalized spacial score (nSPS) is 17.5. The van der Waals surface area contributed by atoms with Crippen LogP contribution >= 0.6 is 0 Å². The number of hydrogen-bond acceptors (Lipinski definition) is 5. The lowest BCUT2D eigenvalue weighted by atomic mass is 10.3. The molecule has 2 rings (SSSR count). The van der Waals surface area contributed by atoms with Crippen LogP contribution < -0.4 is 0 Å². The highest BCUT2D eigenvalue weighted by Gasteiger charge is 2.26. The van der Waals surface area contributed by atoms with Gasteiger partial charge < -0.3 is 4.42 Å². The van der Waals surface area contributed by atoms with E-state index in [0.29, 0.717) is 38.5 Å². The van der Waals surface area contributed by atoms with Gasteiger partial charge in [-0.15, -0.1) is 0 Å². The first-order chi connectivity index (χ1) is 10.5. The maximum absolute atomic E-state index is 12.2. The van der Waals surface area contributed by atoms with Crippen LogP contribution in [0.5, 0.6) is 0 Å². The van der Waals surface area contributed by atoms with Crippen molar-refractivity contribution >= 4 is 10.0 Å². The van der Waals surface area contributed by atoms with Crippen LogP contribution in [0, 0.1) is 11.3 Å². The Morgan fingerprint density at radius 1 is 1.23 bits per heavy atom. The van der Waals surface area contributed by atoms with E-state index in [-0.39, 0.29) is 5.75 Å². The number of piperazine rings is 1. The predicted octanol–water partition coefficient (Wildman–Crippen LogP) is 1.79. The number of rotatable bonds is 7. The molecule has 0 aliphatic carbocycles. The molecular weight excluding hydrogens is 302 g/mol. The monoisotopic (exact) mass is 325 g/mol. The third-order valence-electron chi connectivity index (χ3n) is 3.88. The molecular formula is C15H23N3O3S. The van der Waals surface area contributed by atoms with Gasteiger partial charge in [0.05, 0.1) is 12.3 Å². The van der Waals surface area contributed by atoms with E-state index in [9.17, 15) is 8.42 Å². The highest BCUT2D eigenvalue weighted by molar-refractivity contribution is 7.89. The maximum atomic E-state index is 12.2. The first-order valence-corrected chi connectivity index (χ1v) is 9.35. The molecule has 1 aromatic heterocycles. The molecule has 1 fully saturated rings. The third-order valence-corrected chi connectivity index (χ3v) is 5.84. The van der Waals surface area contributed by atoms with Crippen molar-refractivity contribution in [2.24, 2.45) is 0 Å². The molecule has 0 amide bonds. The number of nitriles is 1. The average Bonchev–Trinajstić information content (AvgIpc) is 2.95. The fourth-order valence-corrected chi connectivity index (χ4v) is 4.12. The van der Waals surface area contributed by atoms with Crippen LogP contribution in [-0.4, -0.2) is 49.6 Å². The Labute approximate surface area is 132 Å². The van der Waals surface area contributed by atoms with Gasteiger partial charge in [-0.3, -0.25) is 4.90 Å². The second-order valence-corrected chi connectivity index (χ2v) is 7.66. The van der Waals surface area contributed by atoms with Crippen LogP contribution in [0.2, 0.25) is 0 Å². The lowest BCUT2D eigenvalue weighted by Crippen LogP contribution is -2.48. The van der Waals surface area contributed by atoms with E-state index in [4.69, 9.17) is 9.68 Å². The second kappa shape index (κ2) is 7.77. The first-order valence-electron chi connectivity index (χ1n) is 7.74. The third kappa shape index (κ3) is 4.57. The number of nitrogens with zero attached hydrogens (tertiary/aromatic N) is 3. The Kier molecular flexibility index (Phi) is 6.00. The Morgan fingerprint density at radius 2 is 1.95 bits per heavy atom. The van der Waals surface area contributed by atoms with Crippen LogP contribution in [0.4, 0.5) is 0 Å². The van der Waals surface area contributed by atoms with E-state index >= 15 is 0 Å². The Balaban J connectivity index is 1.81. The summed E-state index contributed by atoms with van der Waals surface area (Å²) in [4.78, 5) is 2.15. The van der Waals surface area contributed by atoms with Gasteiger partial charge in [-0.05, 0) is 18.6 Å². The highest BCUT2D eigenvalue weighted by atomic mass is 32.2. The van der Waals surface area contributed by atoms with Crippen LogP contribution in [0.25, 0.3) is 0 Å². The standard InChI is InChI=1S/C15H23N3O3S/c1-2-3-4-11-22(19,20)18-9-7-17(8-10-18)13-15-6-5-14(12-16)21-15/h5-6H,2-4,7-11,13H2,1H3. The molecule has 1 aliphatic heterocycles. The molecule has 0 unspecified atom stereocenters. The van der Waals surface area contributed by atoms with Gasteiger partial charge in [0.2, 0.25) is 15.8 Å². The second-order valence-electron chi connectivity index (χ2n) is 5.58. The Bertz CT molecular complexity index is 610. The average molecular weight is 325 g/mol. The molecule has 0 bridgehead atoms. The minimum atomic E-state index is -3.11. The van der Waals surface area contributed by atoms with E-state index < -0.39 is 10.0 Å². The first kappa shape index (κ1) is 17.0. The van der Waals surface area contributed by atoms with Gasteiger partial charge in [0.15, 0.2) is 0 Å². The molecule has 0 saturated carbocycles. The van der Waals surface area contributed by atoms with Crippen molar-refractivity contribution in [1.82, 2.24) is 9.21 Å². The van der Waals surface area contributed by atoms with Gasteiger partial charge in [0.1, 0.15) is 11.8 Å². The molecule has 1 saturated heterocycles. The number of hydrogen-bond donors (Lipinski definition) is 0. The lowest BCUT2D eigenvalue weighted by Gasteiger charge is -2.33. The quantitative estimate of drug-likeness (QED) is 0.714. The van der Waals surface area contributed by atoms with E-state index in [2.05, 4.69) is 11.8 Å². The fraction of sp³-hybridized carbons (Fsp3) is 0.667. The highest BCUT2D eigenvalue weighted by Crippen LogP contribution is 2.14. The van der Waals surface area contributed by atoms with Crippen LogP contribution in [-0.2, 0) is 16.6 Å². The minimum absolute atomic E-state index is 0.255. The molecule has 22 heavy (non-hydrogen) atoms. The van der Waals surface area contributed by atoms with Crippen molar-refractivity contribution in [1.29, 1.82) is 5.26 Å². The van der Waals surface area contributed by atoms with Crippen molar-refractivity contribution in [3.05, 3.63) is 23.7 Å². The van der Waals surface area contributed by atoms with E-state index in [0.717, 1.165) is 25.0 Å². The SMILES string of the molecule is CCCCCS(=O)(=O)N1CCN(Cc2ccc(C#N)o2)CC1. The van der Waals surface area contributed by atoms with Crippen molar-refractivity contribution in [3.63, 3.8) is 0 Å². The van der Waals surface area contributed by atoms with Gasteiger partial charge in [-0.25, -0.2) is 8.42 Å². The van der Waals surface area contributed by atoms with E-state index in [1.807, 2.05) is 6.07 Å². The Morgan fingerprint density at radius 3 is 2.55 bits per heavy atom. The minimum Gasteiger partial charge on any atom is -0.449 e. The summed E-state index contributed by atoms with van der Waals surface area (Å²) < 4.78 is 31.4. The number of furan rings is 1. The zero-order valence-electron chi connectivity index (χ0n) is 13.0. The summed E-state index contributed by atoms with van der Waals surface area (Å²) >= 11 is 0. The van der Waals surface area contributed by atoms with Crippen LogP contribution in [0.3, 0.4) is 0 Å². The maximum Gasteiger partial charge on any atom is 0.214 e. The zero-order valence-corrected chi connectivity index (χ0v) is 13.8. The Hall–Kier alpha value is -1.36. The van der Waals surface area contributed by atoms with Crippen molar-refractivity contribution in [2.45, 2.75) is 32.7 Å². The largest absolute Gasteiger partial charge is 0.449 e. The summed E-state index contributed by atoms with van der Waals surface area (Å²) in [6.45, 7) is 5.12. The van der Waals surface area contributed by atoms with E-state index in [1.54, 1.807) is 16.4 Å². The summed E-state index contributed by atoms with van der Waals surface area (Å²) in [5.41, 5.74) is 0. The van der Waals surface area contributed by atoms with E-state index in [1.165, 1.54) is 0 Å². The summed E-state index contributed by atoms with van der Waals surface area (Å²) in [6.07, 6.45) is 2.72. The molecule has 0 radical (unpaired) electrons. The molecule has 2 heterocycles. The van der Waals surface area contributed by atoms with Crippen LogP contribution in [0.15, 0.2) is 16.5 Å².